The lowest BCUT2D eigenvalue weighted by molar-refractivity contribution is -0.146. The molecule has 2 heterocycles. The van der Waals surface area contributed by atoms with E-state index < -0.39 is 22.2 Å². The highest BCUT2D eigenvalue weighted by Crippen LogP contribution is 2.59. The molecule has 2 rings (SSSR count). The Bertz CT molecular complexity index is 446. The second-order valence-electron chi connectivity index (χ2n) is 4.13. The molecule has 0 aliphatic carbocycles. The molecule has 2 atom stereocenters. The Morgan fingerprint density at radius 3 is 2.71 bits per heavy atom. The second kappa shape index (κ2) is 3.76. The van der Waals surface area contributed by atoms with Crippen molar-refractivity contribution in [2.24, 2.45) is 0 Å². The Labute approximate surface area is 99.7 Å². The van der Waals surface area contributed by atoms with E-state index in [0.29, 0.717) is 5.75 Å². The number of fused-ring (bicyclic) bond motifs is 1. The van der Waals surface area contributed by atoms with Crippen molar-refractivity contribution in [3.63, 3.8) is 0 Å². The Morgan fingerprint density at radius 1 is 1.59 bits per heavy atom. The van der Waals surface area contributed by atoms with Gasteiger partial charge in [-0.1, -0.05) is 10.3 Å². The van der Waals surface area contributed by atoms with Gasteiger partial charge in [-0.25, -0.2) is 4.79 Å². The molecule has 0 radical (unpaired) electrons. The maximum Gasteiger partial charge on any atom is 0.352 e. The van der Waals surface area contributed by atoms with E-state index in [1.807, 2.05) is 0 Å². The van der Waals surface area contributed by atoms with Gasteiger partial charge in [-0.15, -0.1) is 0 Å². The van der Waals surface area contributed by atoms with Gasteiger partial charge in [-0.3, -0.25) is 14.5 Å². The van der Waals surface area contributed by atoms with Crippen LogP contribution in [0.5, 0.6) is 0 Å². The molecule has 17 heavy (non-hydrogen) atoms. The van der Waals surface area contributed by atoms with Gasteiger partial charge in [0, 0.05) is 12.7 Å². The third-order valence-electron chi connectivity index (χ3n) is 2.88. The van der Waals surface area contributed by atoms with Crippen LogP contribution in [-0.4, -0.2) is 45.2 Å². The molecular formula is C10H13NO5S. The van der Waals surface area contributed by atoms with Gasteiger partial charge in [-0.05, 0) is 12.3 Å². The van der Waals surface area contributed by atoms with Crippen LogP contribution in [0.2, 0.25) is 0 Å². The van der Waals surface area contributed by atoms with Crippen molar-refractivity contribution in [2.45, 2.75) is 18.7 Å². The van der Waals surface area contributed by atoms with Crippen LogP contribution in [0.3, 0.4) is 0 Å². The largest absolute Gasteiger partial charge is 0.477 e. The number of hydrogen-bond donors (Lipinski definition) is 1. The third-order valence-corrected chi connectivity index (χ3v) is 5.85. The summed E-state index contributed by atoms with van der Waals surface area (Å²) in [6.45, 7) is 1.32. The first-order chi connectivity index (χ1) is 7.85. The molecule has 1 fully saturated rings. The predicted octanol–water partition coefficient (Wildman–Crippen LogP) is 0.439. The molecule has 2 aliphatic rings. The molecule has 2 aliphatic heterocycles. The van der Waals surface area contributed by atoms with Gasteiger partial charge in [-0.2, -0.15) is 0 Å². The summed E-state index contributed by atoms with van der Waals surface area (Å²) < 4.78 is 5.30. The summed E-state index contributed by atoms with van der Waals surface area (Å²) in [5, 5.41) is 8.69. The number of carbonyl (C=O) groups is 3. The van der Waals surface area contributed by atoms with Crippen LogP contribution in [0, 0.1) is 0 Å². The van der Waals surface area contributed by atoms with Gasteiger partial charge in [0.25, 0.3) is 0 Å². The smallest absolute Gasteiger partial charge is 0.352 e. The van der Waals surface area contributed by atoms with Crippen LogP contribution in [-0.2, 0) is 18.6 Å². The Hall–Kier alpha value is -1.50. The van der Waals surface area contributed by atoms with Gasteiger partial charge in [0.15, 0.2) is 0 Å². The molecule has 0 bridgehead atoms. The SMILES string of the molecule is CC(=O)OS1(C)CC=C(C(=O)O)N2C(=O)CC21. The topological polar surface area (TPSA) is 83.9 Å². The van der Waals surface area contributed by atoms with E-state index in [1.165, 1.54) is 17.9 Å². The van der Waals surface area contributed by atoms with Gasteiger partial charge in [0.2, 0.25) is 5.91 Å². The van der Waals surface area contributed by atoms with Crippen molar-refractivity contribution >= 4 is 28.2 Å². The molecule has 0 aromatic carbocycles. The zero-order chi connectivity index (χ0) is 12.8. The highest BCUT2D eigenvalue weighted by Gasteiger charge is 2.52. The van der Waals surface area contributed by atoms with E-state index in [0.717, 1.165) is 0 Å². The lowest BCUT2D eigenvalue weighted by atomic mass is 10.1. The zero-order valence-corrected chi connectivity index (χ0v) is 10.3. The number of carbonyl (C=O) groups excluding carboxylic acids is 2. The number of carboxylic acids is 1. The molecule has 0 saturated carbocycles. The molecule has 0 aromatic rings. The van der Waals surface area contributed by atoms with Gasteiger partial charge in [0.1, 0.15) is 11.1 Å². The number of carboxylic acid groups (broad SMARTS) is 1. The number of β-lactam (4-membered cyclic amide) rings is 1. The molecule has 7 heteroatoms. The van der Waals surface area contributed by atoms with Crippen molar-refractivity contribution in [3.05, 3.63) is 11.8 Å². The van der Waals surface area contributed by atoms with Crippen LogP contribution in [0.25, 0.3) is 0 Å². The molecule has 1 N–H and O–H groups in total. The first-order valence-electron chi connectivity index (χ1n) is 5.05. The first kappa shape index (κ1) is 12.0. The van der Waals surface area contributed by atoms with Crippen LogP contribution in [0.1, 0.15) is 13.3 Å². The van der Waals surface area contributed by atoms with Crippen LogP contribution in [0.4, 0.5) is 0 Å². The summed E-state index contributed by atoms with van der Waals surface area (Å²) in [7, 11) is -1.76. The highest BCUT2D eigenvalue weighted by atomic mass is 32.3. The Balaban J connectivity index is 2.30. The second-order valence-corrected chi connectivity index (χ2v) is 7.32. The minimum atomic E-state index is -1.76. The fourth-order valence-electron chi connectivity index (χ4n) is 2.08. The number of rotatable bonds is 2. The molecule has 1 amide bonds. The monoisotopic (exact) mass is 259 g/mol. The molecule has 0 aromatic heterocycles. The van der Waals surface area contributed by atoms with E-state index in [1.54, 1.807) is 6.26 Å². The number of nitrogens with zero attached hydrogens (tertiary/aromatic N) is 1. The van der Waals surface area contributed by atoms with Crippen molar-refractivity contribution in [1.29, 1.82) is 0 Å². The summed E-state index contributed by atoms with van der Waals surface area (Å²) >= 11 is 0. The third kappa shape index (κ3) is 1.80. The molecule has 6 nitrogen and oxygen atoms in total. The van der Waals surface area contributed by atoms with Gasteiger partial charge >= 0.3 is 11.9 Å². The minimum Gasteiger partial charge on any atom is -0.477 e. The van der Waals surface area contributed by atoms with E-state index in [-0.39, 0.29) is 23.4 Å². The summed E-state index contributed by atoms with van der Waals surface area (Å²) in [5.74, 6) is -1.35. The van der Waals surface area contributed by atoms with Crippen molar-refractivity contribution in [1.82, 2.24) is 4.90 Å². The van der Waals surface area contributed by atoms with Gasteiger partial charge < -0.3 is 9.29 Å². The van der Waals surface area contributed by atoms with Crippen LogP contribution < -0.4 is 0 Å². The van der Waals surface area contributed by atoms with Crippen LogP contribution >= 0.6 is 10.3 Å². The lowest BCUT2D eigenvalue weighted by Crippen LogP contribution is -2.57. The molecular weight excluding hydrogens is 246 g/mol. The molecule has 2 unspecified atom stereocenters. The first-order valence-corrected chi connectivity index (χ1v) is 7.25. The maximum atomic E-state index is 11.4. The number of aliphatic carboxylic acids is 1. The predicted molar refractivity (Wildman–Crippen MR) is 61.1 cm³/mol. The average Bonchev–Trinajstić information content (AvgIpc) is 2.17. The van der Waals surface area contributed by atoms with E-state index in [4.69, 9.17) is 9.29 Å². The van der Waals surface area contributed by atoms with Crippen molar-refractivity contribution in [3.8, 4) is 0 Å². The van der Waals surface area contributed by atoms with Gasteiger partial charge in [0.05, 0.1) is 6.42 Å². The zero-order valence-electron chi connectivity index (χ0n) is 9.50. The summed E-state index contributed by atoms with van der Waals surface area (Å²) in [4.78, 5) is 34.7. The standard InChI is InChI=1S/C10H13NO5S/c1-6(12)16-17(2)4-3-7(10(14)15)11-8(13)5-9(11)17/h3,9H,4-5H2,1-2H3,(H,14,15). The fraction of sp³-hybridized carbons (Fsp3) is 0.500. The van der Waals surface area contributed by atoms with E-state index in [2.05, 4.69) is 0 Å². The van der Waals surface area contributed by atoms with Crippen molar-refractivity contribution < 1.29 is 23.7 Å². The Morgan fingerprint density at radius 2 is 2.24 bits per heavy atom. The van der Waals surface area contributed by atoms with E-state index in [9.17, 15) is 14.4 Å². The maximum absolute atomic E-state index is 11.4. The summed E-state index contributed by atoms with van der Waals surface area (Å²) in [6.07, 6.45) is 3.52. The van der Waals surface area contributed by atoms with E-state index >= 15 is 0 Å². The minimum absolute atomic E-state index is 0.00313. The normalized spacial score (nSPS) is 34.9. The molecule has 1 saturated heterocycles. The lowest BCUT2D eigenvalue weighted by Gasteiger charge is -2.54. The average molecular weight is 259 g/mol. The van der Waals surface area contributed by atoms with Crippen molar-refractivity contribution in [2.75, 3.05) is 12.0 Å². The summed E-state index contributed by atoms with van der Waals surface area (Å²) in [5.41, 5.74) is 0.00313. The molecule has 0 spiro atoms. The Kier molecular flexibility index (Phi) is 2.65. The quantitative estimate of drug-likeness (QED) is 0.727. The fourth-order valence-corrected chi connectivity index (χ4v) is 4.68. The molecule has 94 valence electrons. The highest BCUT2D eigenvalue weighted by molar-refractivity contribution is 8.30. The number of hydrogen-bond acceptors (Lipinski definition) is 4. The summed E-state index contributed by atoms with van der Waals surface area (Å²) in [6, 6.07) is 0. The van der Waals surface area contributed by atoms with Crippen LogP contribution in [0.15, 0.2) is 11.8 Å². The number of amides is 1.